The summed E-state index contributed by atoms with van der Waals surface area (Å²) < 4.78 is 28.0. The Morgan fingerprint density at radius 2 is 2.05 bits per heavy atom. The number of carboxylic acid groups (broad SMARTS) is 1. The summed E-state index contributed by atoms with van der Waals surface area (Å²) in [6.45, 7) is 1.93. The fourth-order valence-corrected chi connectivity index (χ4v) is 2.47. The first kappa shape index (κ1) is 12.6. The number of rotatable bonds is 2. The number of carboxylic acids is 1. The second kappa shape index (κ2) is 4.29. The van der Waals surface area contributed by atoms with Gasteiger partial charge in [-0.15, -0.1) is 0 Å². The molecule has 2 N–H and O–H groups in total. The molecule has 7 heteroatoms. The van der Waals surface area contributed by atoms with Gasteiger partial charge < -0.3 is 10.4 Å². The first-order valence-corrected chi connectivity index (χ1v) is 5.99. The fraction of sp³-hybridized carbons (Fsp3) is 0.231. The molecule has 0 amide bonds. The van der Waals surface area contributed by atoms with Gasteiger partial charge in [0.2, 0.25) is 0 Å². The molecular formula is C13H11F2N3O2. The molecule has 0 saturated carbocycles. The van der Waals surface area contributed by atoms with Gasteiger partial charge >= 0.3 is 5.97 Å². The van der Waals surface area contributed by atoms with Crippen molar-refractivity contribution in [2.24, 2.45) is 0 Å². The molecule has 0 bridgehead atoms. The van der Waals surface area contributed by atoms with Gasteiger partial charge in [0.15, 0.2) is 0 Å². The van der Waals surface area contributed by atoms with Gasteiger partial charge in [0.05, 0.1) is 18.3 Å². The molecule has 1 aromatic carbocycles. The second-order valence-electron chi connectivity index (χ2n) is 4.70. The summed E-state index contributed by atoms with van der Waals surface area (Å²) in [6.07, 6.45) is 0. The average molecular weight is 279 g/mol. The number of nitrogens with one attached hydrogen (secondary N) is 1. The van der Waals surface area contributed by atoms with Gasteiger partial charge in [0.1, 0.15) is 23.0 Å². The van der Waals surface area contributed by atoms with Crippen molar-refractivity contribution in [2.45, 2.75) is 19.5 Å². The van der Waals surface area contributed by atoms with Gasteiger partial charge in [-0.2, -0.15) is 5.10 Å². The van der Waals surface area contributed by atoms with E-state index in [0.717, 1.165) is 6.07 Å². The van der Waals surface area contributed by atoms with Crippen molar-refractivity contribution in [3.63, 3.8) is 0 Å². The molecule has 1 atom stereocenters. The van der Waals surface area contributed by atoms with Crippen LogP contribution in [-0.2, 0) is 6.54 Å². The molecule has 0 fully saturated rings. The first-order valence-electron chi connectivity index (χ1n) is 5.99. The Morgan fingerprint density at radius 3 is 2.65 bits per heavy atom. The molecule has 1 aliphatic rings. The van der Waals surface area contributed by atoms with E-state index in [1.54, 1.807) is 6.92 Å². The molecule has 0 radical (unpaired) electrons. The lowest BCUT2D eigenvalue weighted by Crippen LogP contribution is -2.10. The molecule has 1 aromatic heterocycles. The van der Waals surface area contributed by atoms with E-state index in [1.807, 2.05) is 0 Å². The third kappa shape index (κ3) is 1.91. The van der Waals surface area contributed by atoms with E-state index in [1.165, 1.54) is 16.8 Å². The molecule has 5 nitrogen and oxygen atoms in total. The van der Waals surface area contributed by atoms with Crippen LogP contribution in [0.25, 0.3) is 0 Å². The predicted molar refractivity (Wildman–Crippen MR) is 66.6 cm³/mol. The van der Waals surface area contributed by atoms with Crippen LogP contribution in [0.1, 0.15) is 27.7 Å². The van der Waals surface area contributed by atoms with Gasteiger partial charge in [0, 0.05) is 6.07 Å². The molecule has 3 rings (SSSR count). The zero-order valence-corrected chi connectivity index (χ0v) is 10.5. The number of hydrogen-bond donors (Lipinski definition) is 2. The summed E-state index contributed by atoms with van der Waals surface area (Å²) in [4.78, 5) is 11.2. The first-order chi connectivity index (χ1) is 9.45. The number of carbonyl (C=O) groups is 1. The van der Waals surface area contributed by atoms with Crippen LogP contribution in [0, 0.1) is 18.6 Å². The number of benzene rings is 1. The van der Waals surface area contributed by atoms with Crippen molar-refractivity contribution in [3.05, 3.63) is 46.7 Å². The number of hydrogen-bond acceptors (Lipinski definition) is 3. The normalized spacial score (nSPS) is 16.9. The molecule has 2 heterocycles. The number of aromatic nitrogens is 2. The van der Waals surface area contributed by atoms with Crippen LogP contribution >= 0.6 is 0 Å². The minimum atomic E-state index is -1.08. The zero-order valence-electron chi connectivity index (χ0n) is 10.5. The van der Waals surface area contributed by atoms with E-state index in [4.69, 9.17) is 5.11 Å². The molecule has 20 heavy (non-hydrogen) atoms. The Morgan fingerprint density at radius 1 is 1.40 bits per heavy atom. The number of anilines is 1. The Bertz CT molecular complexity index is 692. The van der Waals surface area contributed by atoms with Crippen molar-refractivity contribution >= 4 is 11.8 Å². The van der Waals surface area contributed by atoms with Crippen LogP contribution in [0.3, 0.4) is 0 Å². The van der Waals surface area contributed by atoms with Gasteiger partial charge in [-0.1, -0.05) is 0 Å². The Kier molecular flexibility index (Phi) is 2.70. The van der Waals surface area contributed by atoms with Gasteiger partial charge in [-0.25, -0.2) is 18.3 Å². The van der Waals surface area contributed by atoms with E-state index >= 15 is 0 Å². The van der Waals surface area contributed by atoms with E-state index in [-0.39, 0.29) is 5.56 Å². The van der Waals surface area contributed by atoms with E-state index in [2.05, 4.69) is 10.4 Å². The minimum absolute atomic E-state index is 0.0874. The lowest BCUT2D eigenvalue weighted by Gasteiger charge is -2.11. The van der Waals surface area contributed by atoms with Crippen LogP contribution in [0.15, 0.2) is 18.2 Å². The van der Waals surface area contributed by atoms with Crippen molar-refractivity contribution in [1.29, 1.82) is 0 Å². The highest BCUT2D eigenvalue weighted by atomic mass is 19.1. The predicted octanol–water partition coefficient (Wildman–Crippen LogP) is 2.33. The number of fused-ring (bicyclic) bond motifs is 1. The number of nitrogens with zero attached hydrogens (tertiary/aromatic N) is 2. The van der Waals surface area contributed by atoms with E-state index in [0.29, 0.717) is 23.6 Å². The number of halogens is 2. The largest absolute Gasteiger partial charge is 0.477 e. The number of aromatic carboxylic acids is 1. The Labute approximate surface area is 112 Å². The molecule has 0 saturated heterocycles. The summed E-state index contributed by atoms with van der Waals surface area (Å²) >= 11 is 0. The van der Waals surface area contributed by atoms with Gasteiger partial charge in [0.25, 0.3) is 0 Å². The van der Waals surface area contributed by atoms with Gasteiger partial charge in [-0.05, 0) is 24.6 Å². The third-order valence-electron chi connectivity index (χ3n) is 3.30. The molecule has 2 aromatic rings. The molecule has 0 spiro atoms. The second-order valence-corrected chi connectivity index (χ2v) is 4.70. The van der Waals surface area contributed by atoms with Crippen molar-refractivity contribution in [1.82, 2.24) is 9.78 Å². The van der Waals surface area contributed by atoms with Crippen LogP contribution < -0.4 is 5.32 Å². The molecule has 1 aliphatic heterocycles. The van der Waals surface area contributed by atoms with Crippen molar-refractivity contribution < 1.29 is 18.7 Å². The number of aryl methyl sites for hydroxylation is 1. The van der Waals surface area contributed by atoms with Crippen LogP contribution in [0.2, 0.25) is 0 Å². The Balaban J connectivity index is 1.96. The van der Waals surface area contributed by atoms with Crippen molar-refractivity contribution in [3.8, 4) is 0 Å². The fourth-order valence-electron chi connectivity index (χ4n) is 2.47. The highest BCUT2D eigenvalue weighted by Crippen LogP contribution is 2.33. The van der Waals surface area contributed by atoms with E-state index < -0.39 is 23.6 Å². The summed E-state index contributed by atoms with van der Waals surface area (Å²) in [5, 5.41) is 16.2. The summed E-state index contributed by atoms with van der Waals surface area (Å²) in [5.41, 5.74) is 0.912. The molecular weight excluding hydrogens is 268 g/mol. The zero-order chi connectivity index (χ0) is 14.4. The Hall–Kier alpha value is -2.44. The molecule has 104 valence electrons. The standard InChI is InChI=1S/C13H11F2N3O2/c1-6-11(13(19)20)12-16-10(5-18(12)17-6)7-2-8(14)4-9(15)3-7/h2-4,10,16H,5H2,1H3,(H,19,20). The lowest BCUT2D eigenvalue weighted by atomic mass is 10.1. The minimum Gasteiger partial charge on any atom is -0.477 e. The average Bonchev–Trinajstić information content (AvgIpc) is 2.83. The smallest absolute Gasteiger partial charge is 0.341 e. The summed E-state index contributed by atoms with van der Waals surface area (Å²) in [6, 6.07) is 2.84. The summed E-state index contributed by atoms with van der Waals surface area (Å²) in [5.74, 6) is -2.05. The third-order valence-corrected chi connectivity index (χ3v) is 3.30. The maximum absolute atomic E-state index is 13.2. The SMILES string of the molecule is Cc1nn2c(c1C(=O)O)NC(c1cc(F)cc(F)c1)C2. The summed E-state index contributed by atoms with van der Waals surface area (Å²) in [7, 11) is 0. The monoisotopic (exact) mass is 279 g/mol. The van der Waals surface area contributed by atoms with E-state index in [9.17, 15) is 13.6 Å². The highest BCUT2D eigenvalue weighted by molar-refractivity contribution is 5.95. The quantitative estimate of drug-likeness (QED) is 0.885. The maximum atomic E-state index is 13.2. The van der Waals surface area contributed by atoms with Crippen LogP contribution in [-0.4, -0.2) is 20.9 Å². The van der Waals surface area contributed by atoms with Crippen LogP contribution in [0.5, 0.6) is 0 Å². The topological polar surface area (TPSA) is 67.2 Å². The molecule has 0 aliphatic carbocycles. The van der Waals surface area contributed by atoms with Crippen LogP contribution in [0.4, 0.5) is 14.6 Å². The highest BCUT2D eigenvalue weighted by Gasteiger charge is 2.30. The lowest BCUT2D eigenvalue weighted by molar-refractivity contribution is 0.0697. The molecule has 1 unspecified atom stereocenters. The maximum Gasteiger partial charge on any atom is 0.341 e. The van der Waals surface area contributed by atoms with Crippen molar-refractivity contribution in [2.75, 3.05) is 5.32 Å². The van der Waals surface area contributed by atoms with Gasteiger partial charge in [-0.3, -0.25) is 0 Å².